The summed E-state index contributed by atoms with van der Waals surface area (Å²) in [6.07, 6.45) is 1.29. The lowest BCUT2D eigenvalue weighted by molar-refractivity contribution is 0.414. The number of ether oxygens (including phenoxy) is 1. The van der Waals surface area contributed by atoms with Crippen LogP contribution in [0.4, 0.5) is 0 Å². The molecule has 0 radical (unpaired) electrons. The molecule has 0 saturated heterocycles. The van der Waals surface area contributed by atoms with Crippen molar-refractivity contribution in [2.45, 2.75) is 38.6 Å². The van der Waals surface area contributed by atoms with Gasteiger partial charge in [-0.25, -0.2) is 0 Å². The van der Waals surface area contributed by atoms with Gasteiger partial charge in [-0.05, 0) is 30.0 Å². The van der Waals surface area contributed by atoms with Crippen LogP contribution >= 0.6 is 0 Å². The van der Waals surface area contributed by atoms with Gasteiger partial charge in [-0.3, -0.25) is 0 Å². The maximum absolute atomic E-state index is 5.21. The summed E-state index contributed by atoms with van der Waals surface area (Å²) in [5.41, 5.74) is 1.80. The zero-order chi connectivity index (χ0) is 12.5. The van der Waals surface area contributed by atoms with Crippen LogP contribution in [-0.4, -0.2) is 19.7 Å². The van der Waals surface area contributed by atoms with Crippen LogP contribution in [0.1, 0.15) is 32.8 Å². The summed E-state index contributed by atoms with van der Waals surface area (Å²) in [5.74, 6) is 1.72. The Kier molecular flexibility index (Phi) is 3.43. The zero-order valence-electron chi connectivity index (χ0n) is 11.3. The molecular weight excluding hydrogens is 210 g/mol. The van der Waals surface area contributed by atoms with Gasteiger partial charge < -0.3 is 10.1 Å². The highest BCUT2D eigenvalue weighted by atomic mass is 16.5. The van der Waals surface area contributed by atoms with E-state index in [1.807, 2.05) is 0 Å². The third kappa shape index (κ3) is 2.47. The Morgan fingerprint density at radius 2 is 1.94 bits per heavy atom. The van der Waals surface area contributed by atoms with Crippen molar-refractivity contribution >= 4 is 0 Å². The average molecular weight is 233 g/mol. The minimum Gasteiger partial charge on any atom is -0.497 e. The van der Waals surface area contributed by atoms with Crippen LogP contribution in [0.25, 0.3) is 0 Å². The van der Waals surface area contributed by atoms with E-state index >= 15 is 0 Å². The molecule has 0 bridgehead atoms. The molecule has 2 heteroatoms. The van der Waals surface area contributed by atoms with Crippen LogP contribution in [0.2, 0.25) is 0 Å². The lowest BCUT2D eigenvalue weighted by Gasteiger charge is -2.20. The molecule has 2 unspecified atom stereocenters. The minimum absolute atomic E-state index is 0.358. The van der Waals surface area contributed by atoms with Crippen molar-refractivity contribution in [2.24, 2.45) is 5.92 Å². The Morgan fingerprint density at radius 3 is 2.35 bits per heavy atom. The second-order valence-electron chi connectivity index (χ2n) is 5.53. The summed E-state index contributed by atoms with van der Waals surface area (Å²) in [6.45, 7) is 7.83. The molecule has 2 nitrogen and oxygen atoms in total. The van der Waals surface area contributed by atoms with E-state index in [2.05, 4.69) is 50.4 Å². The fraction of sp³-hybridized carbons (Fsp3) is 0.600. The van der Waals surface area contributed by atoms with Gasteiger partial charge in [0.05, 0.1) is 7.11 Å². The Morgan fingerprint density at radius 1 is 1.35 bits per heavy atom. The van der Waals surface area contributed by atoms with E-state index in [0.717, 1.165) is 18.2 Å². The quantitative estimate of drug-likeness (QED) is 0.844. The van der Waals surface area contributed by atoms with Crippen LogP contribution < -0.4 is 10.1 Å². The molecule has 17 heavy (non-hydrogen) atoms. The van der Waals surface area contributed by atoms with Gasteiger partial charge in [0.25, 0.3) is 0 Å². The molecule has 2 rings (SSSR count). The summed E-state index contributed by atoms with van der Waals surface area (Å²) in [5, 5.41) is 3.57. The standard InChI is InChI=1S/C15H23NO/c1-11(2)16-10-15(9-12(15)3)13-5-7-14(17-4)8-6-13/h5-8,11-12,16H,9-10H2,1-4H3. The van der Waals surface area contributed by atoms with Crippen molar-refractivity contribution < 1.29 is 4.74 Å². The number of hydrogen-bond donors (Lipinski definition) is 1. The van der Waals surface area contributed by atoms with Crippen molar-refractivity contribution in [1.29, 1.82) is 0 Å². The number of nitrogens with one attached hydrogen (secondary N) is 1. The van der Waals surface area contributed by atoms with E-state index in [4.69, 9.17) is 4.74 Å². The van der Waals surface area contributed by atoms with E-state index in [9.17, 15) is 0 Å². The molecule has 1 aromatic carbocycles. The number of rotatable bonds is 5. The van der Waals surface area contributed by atoms with Crippen LogP contribution in [0.15, 0.2) is 24.3 Å². The Bertz CT molecular complexity index is 371. The van der Waals surface area contributed by atoms with Crippen LogP contribution in [0.3, 0.4) is 0 Å². The molecule has 0 amide bonds. The summed E-state index contributed by atoms with van der Waals surface area (Å²) >= 11 is 0. The van der Waals surface area contributed by atoms with Crippen molar-refractivity contribution in [3.63, 3.8) is 0 Å². The van der Waals surface area contributed by atoms with Crippen molar-refractivity contribution in [3.05, 3.63) is 29.8 Å². The molecule has 1 saturated carbocycles. The molecule has 94 valence electrons. The first-order valence-corrected chi connectivity index (χ1v) is 6.46. The van der Waals surface area contributed by atoms with Crippen LogP contribution in [-0.2, 0) is 5.41 Å². The van der Waals surface area contributed by atoms with Crippen molar-refractivity contribution in [3.8, 4) is 5.75 Å². The SMILES string of the molecule is COc1ccc(C2(CNC(C)C)CC2C)cc1. The zero-order valence-corrected chi connectivity index (χ0v) is 11.3. The van der Waals surface area contributed by atoms with Crippen molar-refractivity contribution in [2.75, 3.05) is 13.7 Å². The van der Waals surface area contributed by atoms with E-state index in [-0.39, 0.29) is 0 Å². The van der Waals surface area contributed by atoms with Gasteiger partial charge in [-0.15, -0.1) is 0 Å². The number of benzene rings is 1. The van der Waals surface area contributed by atoms with Gasteiger partial charge in [0.15, 0.2) is 0 Å². The summed E-state index contributed by atoms with van der Waals surface area (Å²) in [4.78, 5) is 0. The summed E-state index contributed by atoms with van der Waals surface area (Å²) < 4.78 is 5.21. The maximum Gasteiger partial charge on any atom is 0.118 e. The molecule has 1 N–H and O–H groups in total. The molecular formula is C15H23NO. The molecule has 2 atom stereocenters. The van der Waals surface area contributed by atoms with E-state index < -0.39 is 0 Å². The van der Waals surface area contributed by atoms with Gasteiger partial charge in [0.2, 0.25) is 0 Å². The van der Waals surface area contributed by atoms with E-state index in [0.29, 0.717) is 11.5 Å². The van der Waals surface area contributed by atoms with Crippen LogP contribution in [0.5, 0.6) is 5.75 Å². The predicted octanol–water partition coefficient (Wildman–Crippen LogP) is 2.97. The molecule has 1 aromatic rings. The van der Waals surface area contributed by atoms with Gasteiger partial charge in [-0.2, -0.15) is 0 Å². The first kappa shape index (κ1) is 12.4. The molecule has 0 aliphatic heterocycles. The Balaban J connectivity index is 2.12. The monoisotopic (exact) mass is 233 g/mol. The molecule has 0 aromatic heterocycles. The topological polar surface area (TPSA) is 21.3 Å². The predicted molar refractivity (Wildman–Crippen MR) is 71.6 cm³/mol. The first-order valence-electron chi connectivity index (χ1n) is 6.46. The molecule has 0 spiro atoms. The fourth-order valence-electron chi connectivity index (χ4n) is 2.55. The highest BCUT2D eigenvalue weighted by Crippen LogP contribution is 2.53. The lowest BCUT2D eigenvalue weighted by Crippen LogP contribution is -2.33. The molecule has 1 fully saturated rings. The van der Waals surface area contributed by atoms with E-state index in [1.165, 1.54) is 12.0 Å². The second-order valence-corrected chi connectivity index (χ2v) is 5.53. The van der Waals surface area contributed by atoms with E-state index in [1.54, 1.807) is 7.11 Å². The highest BCUT2D eigenvalue weighted by Gasteiger charge is 2.51. The van der Waals surface area contributed by atoms with Gasteiger partial charge in [-0.1, -0.05) is 32.9 Å². The second kappa shape index (κ2) is 4.69. The molecule has 1 aliphatic carbocycles. The molecule has 1 aliphatic rings. The number of methoxy groups -OCH3 is 1. The third-order valence-corrected chi connectivity index (χ3v) is 3.94. The first-order chi connectivity index (χ1) is 8.08. The Labute approximate surface area is 104 Å². The van der Waals surface area contributed by atoms with Gasteiger partial charge >= 0.3 is 0 Å². The van der Waals surface area contributed by atoms with Crippen LogP contribution in [0, 0.1) is 5.92 Å². The normalized spacial score (nSPS) is 27.2. The average Bonchev–Trinajstić information content (AvgIpc) is 2.99. The number of hydrogen-bond acceptors (Lipinski definition) is 2. The fourth-order valence-corrected chi connectivity index (χ4v) is 2.55. The third-order valence-electron chi connectivity index (χ3n) is 3.94. The Hall–Kier alpha value is -1.02. The smallest absolute Gasteiger partial charge is 0.118 e. The lowest BCUT2D eigenvalue weighted by atomic mass is 9.93. The van der Waals surface area contributed by atoms with Gasteiger partial charge in [0, 0.05) is 18.0 Å². The van der Waals surface area contributed by atoms with Crippen molar-refractivity contribution in [1.82, 2.24) is 5.32 Å². The molecule has 0 heterocycles. The van der Waals surface area contributed by atoms with Gasteiger partial charge in [0.1, 0.15) is 5.75 Å². The minimum atomic E-state index is 0.358. The summed E-state index contributed by atoms with van der Waals surface area (Å²) in [7, 11) is 1.71. The largest absolute Gasteiger partial charge is 0.497 e. The summed E-state index contributed by atoms with van der Waals surface area (Å²) in [6, 6.07) is 9.11. The maximum atomic E-state index is 5.21. The highest BCUT2D eigenvalue weighted by molar-refractivity contribution is 5.38.